The van der Waals surface area contributed by atoms with Gasteiger partial charge in [-0.3, -0.25) is 4.79 Å². The van der Waals surface area contributed by atoms with Gasteiger partial charge in [0, 0.05) is 5.92 Å². The Balaban J connectivity index is 2.33. The van der Waals surface area contributed by atoms with Crippen LogP contribution in [0.1, 0.15) is 33.1 Å². The number of hydrogen-bond acceptors (Lipinski definition) is 2. The van der Waals surface area contributed by atoms with Crippen molar-refractivity contribution in [3.63, 3.8) is 0 Å². The van der Waals surface area contributed by atoms with Crippen LogP contribution in [0.5, 0.6) is 0 Å². The molecule has 78 valence electrons. The quantitative estimate of drug-likeness (QED) is 0.508. The van der Waals surface area contributed by atoms with Crippen molar-refractivity contribution in [1.82, 2.24) is 0 Å². The van der Waals surface area contributed by atoms with Gasteiger partial charge in [-0.15, -0.1) is 0 Å². The molecular formula is C12H18O2. The van der Waals surface area contributed by atoms with Crippen LogP contribution < -0.4 is 0 Å². The second-order valence-electron chi connectivity index (χ2n) is 3.66. The topological polar surface area (TPSA) is 26.3 Å². The molecule has 0 spiro atoms. The molecule has 2 nitrogen and oxygen atoms in total. The Labute approximate surface area is 85.6 Å². The highest BCUT2D eigenvalue weighted by molar-refractivity contribution is 5.72. The van der Waals surface area contributed by atoms with Gasteiger partial charge in [0.2, 0.25) is 0 Å². The molecule has 1 saturated heterocycles. The fourth-order valence-corrected chi connectivity index (χ4v) is 1.47. The average Bonchev–Trinajstić information content (AvgIpc) is 2.45. The molecule has 1 aliphatic heterocycles. The van der Waals surface area contributed by atoms with Crippen LogP contribution in [0.3, 0.4) is 0 Å². The molecule has 2 atom stereocenters. The van der Waals surface area contributed by atoms with E-state index in [1.165, 1.54) is 6.42 Å². The SMILES string of the molecule is CCC/C=C/C=C/[C@H]1CC(=O)O[C@H]1C. The largest absolute Gasteiger partial charge is 0.462 e. The molecule has 14 heavy (non-hydrogen) atoms. The van der Waals surface area contributed by atoms with Gasteiger partial charge in [-0.05, 0) is 13.3 Å². The number of unbranched alkanes of at least 4 members (excludes halogenated alkanes) is 1. The van der Waals surface area contributed by atoms with E-state index in [1.54, 1.807) is 0 Å². The summed E-state index contributed by atoms with van der Waals surface area (Å²) in [5, 5.41) is 0. The van der Waals surface area contributed by atoms with Crippen molar-refractivity contribution in [2.24, 2.45) is 5.92 Å². The third kappa shape index (κ3) is 3.36. The molecule has 1 rings (SSSR count). The summed E-state index contributed by atoms with van der Waals surface area (Å²) in [6.45, 7) is 4.09. The number of carbonyl (C=O) groups excluding carboxylic acids is 1. The summed E-state index contributed by atoms with van der Waals surface area (Å²) in [6, 6.07) is 0. The fraction of sp³-hybridized carbons (Fsp3) is 0.583. The Morgan fingerprint density at radius 1 is 1.50 bits per heavy atom. The molecule has 0 aliphatic carbocycles. The van der Waals surface area contributed by atoms with E-state index >= 15 is 0 Å². The van der Waals surface area contributed by atoms with Gasteiger partial charge in [-0.2, -0.15) is 0 Å². The highest BCUT2D eigenvalue weighted by atomic mass is 16.5. The number of carbonyl (C=O) groups is 1. The first kappa shape index (κ1) is 11.0. The lowest BCUT2D eigenvalue weighted by Crippen LogP contribution is -2.07. The van der Waals surface area contributed by atoms with Crippen LogP contribution in [0.2, 0.25) is 0 Å². The van der Waals surface area contributed by atoms with E-state index in [9.17, 15) is 4.79 Å². The number of rotatable bonds is 4. The second-order valence-corrected chi connectivity index (χ2v) is 3.66. The van der Waals surface area contributed by atoms with Crippen molar-refractivity contribution in [1.29, 1.82) is 0 Å². The summed E-state index contributed by atoms with van der Waals surface area (Å²) in [6.07, 6.45) is 11.1. The molecule has 0 aromatic heterocycles. The first-order chi connectivity index (χ1) is 6.74. The molecule has 1 aliphatic rings. The zero-order valence-electron chi connectivity index (χ0n) is 8.90. The van der Waals surface area contributed by atoms with Gasteiger partial charge in [0.15, 0.2) is 0 Å². The Morgan fingerprint density at radius 2 is 2.29 bits per heavy atom. The van der Waals surface area contributed by atoms with Gasteiger partial charge < -0.3 is 4.74 Å². The van der Waals surface area contributed by atoms with E-state index in [1.807, 2.05) is 19.1 Å². The van der Waals surface area contributed by atoms with Crippen molar-refractivity contribution in [2.45, 2.75) is 39.2 Å². The van der Waals surface area contributed by atoms with Gasteiger partial charge in [0.05, 0.1) is 6.42 Å². The lowest BCUT2D eigenvalue weighted by atomic mass is 10.0. The zero-order valence-corrected chi connectivity index (χ0v) is 8.90. The van der Waals surface area contributed by atoms with Gasteiger partial charge >= 0.3 is 5.97 Å². The summed E-state index contributed by atoms with van der Waals surface area (Å²) in [5.74, 6) is 0.179. The number of ether oxygens (including phenoxy) is 1. The summed E-state index contributed by atoms with van der Waals surface area (Å²) in [5.41, 5.74) is 0. The molecule has 0 aromatic rings. The fourth-order valence-electron chi connectivity index (χ4n) is 1.47. The maximum absolute atomic E-state index is 10.9. The second kappa shape index (κ2) is 5.63. The zero-order chi connectivity index (χ0) is 10.4. The van der Waals surface area contributed by atoms with E-state index < -0.39 is 0 Å². The van der Waals surface area contributed by atoms with Crippen LogP contribution in [0, 0.1) is 5.92 Å². The lowest BCUT2D eigenvalue weighted by Gasteiger charge is -2.06. The van der Waals surface area contributed by atoms with E-state index in [0.29, 0.717) is 6.42 Å². The van der Waals surface area contributed by atoms with Crippen LogP contribution in [-0.4, -0.2) is 12.1 Å². The molecule has 2 heteroatoms. The number of esters is 1. The first-order valence-electron chi connectivity index (χ1n) is 5.27. The minimum absolute atomic E-state index is 0.0401. The highest BCUT2D eigenvalue weighted by Crippen LogP contribution is 2.22. The molecule has 0 N–H and O–H groups in total. The Hall–Kier alpha value is -1.05. The molecule has 0 amide bonds. The molecule has 0 bridgehead atoms. The maximum atomic E-state index is 10.9. The molecule has 0 saturated carbocycles. The van der Waals surface area contributed by atoms with Crippen LogP contribution in [0.15, 0.2) is 24.3 Å². The summed E-state index contributed by atoms with van der Waals surface area (Å²) >= 11 is 0. The molecule has 1 fully saturated rings. The highest BCUT2D eigenvalue weighted by Gasteiger charge is 2.28. The van der Waals surface area contributed by atoms with E-state index in [0.717, 1.165) is 6.42 Å². The van der Waals surface area contributed by atoms with E-state index in [-0.39, 0.29) is 18.0 Å². The monoisotopic (exact) mass is 194 g/mol. The van der Waals surface area contributed by atoms with E-state index in [4.69, 9.17) is 4.74 Å². The maximum Gasteiger partial charge on any atom is 0.306 e. The third-order valence-electron chi connectivity index (χ3n) is 2.38. The average molecular weight is 194 g/mol. The van der Waals surface area contributed by atoms with Gasteiger partial charge in [-0.25, -0.2) is 0 Å². The number of cyclic esters (lactones) is 1. The Bertz CT molecular complexity index is 241. The van der Waals surface area contributed by atoms with Crippen molar-refractivity contribution >= 4 is 5.97 Å². The number of hydrogen-bond donors (Lipinski definition) is 0. The van der Waals surface area contributed by atoms with Gasteiger partial charge in [0.25, 0.3) is 0 Å². The molecule has 0 aromatic carbocycles. The van der Waals surface area contributed by atoms with E-state index in [2.05, 4.69) is 19.1 Å². The lowest BCUT2D eigenvalue weighted by molar-refractivity contribution is -0.140. The predicted molar refractivity (Wildman–Crippen MR) is 56.8 cm³/mol. The Morgan fingerprint density at radius 3 is 2.86 bits per heavy atom. The summed E-state index contributed by atoms with van der Waals surface area (Å²) in [4.78, 5) is 10.9. The van der Waals surface area contributed by atoms with Crippen molar-refractivity contribution in [2.75, 3.05) is 0 Å². The van der Waals surface area contributed by atoms with Crippen molar-refractivity contribution in [3.05, 3.63) is 24.3 Å². The predicted octanol–water partition coefficient (Wildman–Crippen LogP) is 2.85. The smallest absolute Gasteiger partial charge is 0.306 e. The Kier molecular flexibility index (Phi) is 4.44. The third-order valence-corrected chi connectivity index (χ3v) is 2.38. The minimum atomic E-state index is -0.0790. The normalized spacial score (nSPS) is 27.7. The van der Waals surface area contributed by atoms with Crippen LogP contribution in [-0.2, 0) is 9.53 Å². The van der Waals surface area contributed by atoms with Gasteiger partial charge in [-0.1, -0.05) is 37.6 Å². The standard InChI is InChI=1S/C12H18O2/c1-3-4-5-6-7-8-11-9-12(13)14-10(11)2/h5-8,10-11H,3-4,9H2,1-2H3/b6-5+,8-7+/t10-,11-/m0/s1. The summed E-state index contributed by atoms with van der Waals surface area (Å²) < 4.78 is 5.04. The minimum Gasteiger partial charge on any atom is -0.462 e. The molecule has 0 radical (unpaired) electrons. The van der Waals surface area contributed by atoms with Crippen LogP contribution in [0.25, 0.3) is 0 Å². The molecule has 0 unspecified atom stereocenters. The molecule has 1 heterocycles. The first-order valence-corrected chi connectivity index (χ1v) is 5.27. The van der Waals surface area contributed by atoms with Crippen LogP contribution in [0.4, 0.5) is 0 Å². The molecular weight excluding hydrogens is 176 g/mol. The van der Waals surface area contributed by atoms with Crippen molar-refractivity contribution in [3.8, 4) is 0 Å². The summed E-state index contributed by atoms with van der Waals surface area (Å²) in [7, 11) is 0. The van der Waals surface area contributed by atoms with Gasteiger partial charge in [0.1, 0.15) is 6.10 Å². The van der Waals surface area contributed by atoms with Crippen molar-refractivity contribution < 1.29 is 9.53 Å². The van der Waals surface area contributed by atoms with Crippen LogP contribution >= 0.6 is 0 Å². The number of allylic oxidation sites excluding steroid dienone is 3.